The van der Waals surface area contributed by atoms with Crippen LogP contribution in [0.15, 0.2) is 12.1 Å². The van der Waals surface area contributed by atoms with Gasteiger partial charge in [0.15, 0.2) is 5.82 Å². The molecule has 5 nitrogen and oxygen atoms in total. The Hall–Kier alpha value is -2.05. The van der Waals surface area contributed by atoms with Crippen molar-refractivity contribution in [1.29, 1.82) is 0 Å². The summed E-state index contributed by atoms with van der Waals surface area (Å²) >= 11 is 0. The minimum atomic E-state index is -0.814. The van der Waals surface area contributed by atoms with E-state index in [9.17, 15) is 13.6 Å². The first-order valence-corrected chi connectivity index (χ1v) is 5.03. The van der Waals surface area contributed by atoms with Crippen LogP contribution in [0.2, 0.25) is 0 Å². The monoisotopic (exact) mass is 240 g/mol. The predicted octanol–water partition coefficient (Wildman–Crippen LogP) is 1.15. The van der Waals surface area contributed by atoms with Crippen LogP contribution in [0.25, 0.3) is 11.0 Å². The Balaban J connectivity index is 2.67. The topological polar surface area (TPSA) is 73.8 Å². The molecule has 0 spiro atoms. The molecule has 17 heavy (non-hydrogen) atoms. The van der Waals surface area contributed by atoms with Crippen molar-refractivity contribution in [3.05, 3.63) is 23.8 Å². The van der Waals surface area contributed by atoms with E-state index in [0.717, 1.165) is 10.7 Å². The quantitative estimate of drug-likeness (QED) is 0.874. The molecular weight excluding hydrogens is 230 g/mol. The van der Waals surface area contributed by atoms with Crippen LogP contribution in [0.3, 0.4) is 0 Å². The lowest BCUT2D eigenvalue weighted by Gasteiger charge is -2.11. The number of rotatable bonds is 3. The highest BCUT2D eigenvalue weighted by atomic mass is 19.1. The number of primary amides is 1. The molecule has 0 saturated heterocycles. The lowest BCUT2D eigenvalue weighted by atomic mass is 10.2. The van der Waals surface area contributed by atoms with Crippen molar-refractivity contribution in [1.82, 2.24) is 15.0 Å². The maximum atomic E-state index is 13.4. The van der Waals surface area contributed by atoms with Gasteiger partial charge in [0.2, 0.25) is 5.91 Å². The zero-order chi connectivity index (χ0) is 12.6. The van der Waals surface area contributed by atoms with Crippen molar-refractivity contribution < 1.29 is 13.6 Å². The Labute approximate surface area is 95.2 Å². The smallest absolute Gasteiger partial charge is 0.242 e. The predicted molar refractivity (Wildman–Crippen MR) is 56.0 cm³/mol. The third-order valence-corrected chi connectivity index (χ3v) is 2.51. The van der Waals surface area contributed by atoms with Crippen molar-refractivity contribution in [2.45, 2.75) is 19.4 Å². The Kier molecular flexibility index (Phi) is 2.74. The minimum Gasteiger partial charge on any atom is -0.368 e. The first-order valence-electron chi connectivity index (χ1n) is 5.03. The number of hydrogen-bond acceptors (Lipinski definition) is 3. The molecule has 2 aromatic rings. The third-order valence-electron chi connectivity index (χ3n) is 2.51. The third kappa shape index (κ3) is 1.83. The number of aromatic nitrogens is 3. The fourth-order valence-corrected chi connectivity index (χ4v) is 1.69. The molecule has 0 saturated carbocycles. The number of nitrogens with two attached hydrogens (primary N) is 1. The number of halogens is 2. The molecule has 0 aliphatic carbocycles. The van der Waals surface area contributed by atoms with Gasteiger partial charge >= 0.3 is 0 Å². The van der Waals surface area contributed by atoms with E-state index in [1.807, 2.05) is 0 Å². The lowest BCUT2D eigenvalue weighted by molar-refractivity contribution is -0.121. The second kappa shape index (κ2) is 4.08. The van der Waals surface area contributed by atoms with Gasteiger partial charge in [0.25, 0.3) is 0 Å². The van der Waals surface area contributed by atoms with Crippen molar-refractivity contribution in [3.8, 4) is 0 Å². The number of benzene rings is 1. The zero-order valence-electron chi connectivity index (χ0n) is 9.02. The molecule has 2 rings (SSSR count). The van der Waals surface area contributed by atoms with Crippen LogP contribution in [0.4, 0.5) is 8.78 Å². The SMILES string of the molecule is CCC(C(N)=O)n1nnc2c(F)cc(F)cc21. The van der Waals surface area contributed by atoms with E-state index in [1.54, 1.807) is 6.92 Å². The second-order valence-corrected chi connectivity index (χ2v) is 3.62. The van der Waals surface area contributed by atoms with Crippen LogP contribution >= 0.6 is 0 Å². The molecule has 2 N–H and O–H groups in total. The summed E-state index contributed by atoms with van der Waals surface area (Å²) in [6, 6.07) is 1.03. The van der Waals surface area contributed by atoms with Crippen molar-refractivity contribution in [3.63, 3.8) is 0 Å². The van der Waals surface area contributed by atoms with Gasteiger partial charge < -0.3 is 5.73 Å². The van der Waals surface area contributed by atoms with E-state index >= 15 is 0 Å². The minimum absolute atomic E-state index is 0.0777. The van der Waals surface area contributed by atoms with Gasteiger partial charge in [0.05, 0.1) is 5.52 Å². The highest BCUT2D eigenvalue weighted by molar-refractivity contribution is 5.82. The molecule has 1 aromatic heterocycles. The molecule has 0 fully saturated rings. The summed E-state index contributed by atoms with van der Waals surface area (Å²) < 4.78 is 27.6. The molecule has 1 aromatic carbocycles. The Morgan fingerprint density at radius 1 is 1.53 bits per heavy atom. The first-order chi connectivity index (χ1) is 8.04. The lowest BCUT2D eigenvalue weighted by Crippen LogP contribution is -2.26. The zero-order valence-corrected chi connectivity index (χ0v) is 9.02. The molecule has 90 valence electrons. The molecule has 0 aliphatic rings. The molecule has 0 radical (unpaired) electrons. The largest absolute Gasteiger partial charge is 0.368 e. The number of nitrogens with zero attached hydrogens (tertiary/aromatic N) is 3. The number of carbonyl (C=O) groups is 1. The molecule has 0 aliphatic heterocycles. The summed E-state index contributed by atoms with van der Waals surface area (Å²) in [5.41, 5.74) is 5.23. The average Bonchev–Trinajstić information content (AvgIpc) is 2.63. The Morgan fingerprint density at radius 2 is 2.24 bits per heavy atom. The number of amides is 1. The summed E-state index contributed by atoms with van der Waals surface area (Å²) in [5, 5.41) is 7.22. The van der Waals surface area contributed by atoms with Gasteiger partial charge in [-0.3, -0.25) is 4.79 Å². The molecular formula is C10H10F2N4O. The van der Waals surface area contributed by atoms with Crippen LogP contribution in [-0.2, 0) is 4.79 Å². The second-order valence-electron chi connectivity index (χ2n) is 3.62. The molecule has 7 heteroatoms. The fraction of sp³-hybridized carbons (Fsp3) is 0.300. The fourth-order valence-electron chi connectivity index (χ4n) is 1.69. The summed E-state index contributed by atoms with van der Waals surface area (Å²) in [6.07, 6.45) is 0.367. The number of fused-ring (bicyclic) bond motifs is 1. The van der Waals surface area contributed by atoms with Crippen LogP contribution < -0.4 is 5.73 Å². The van der Waals surface area contributed by atoms with Gasteiger partial charge in [-0.2, -0.15) is 0 Å². The first kappa shape index (κ1) is 11.4. The van der Waals surface area contributed by atoms with Gasteiger partial charge in [-0.25, -0.2) is 13.5 Å². The maximum absolute atomic E-state index is 13.4. The van der Waals surface area contributed by atoms with Gasteiger partial charge in [-0.15, -0.1) is 5.10 Å². The van der Waals surface area contributed by atoms with E-state index in [0.29, 0.717) is 12.5 Å². The van der Waals surface area contributed by atoms with E-state index < -0.39 is 23.6 Å². The highest BCUT2D eigenvalue weighted by Gasteiger charge is 2.21. The summed E-state index contributed by atoms with van der Waals surface area (Å²) in [7, 11) is 0. The summed E-state index contributed by atoms with van der Waals surface area (Å²) in [6.45, 7) is 1.72. The van der Waals surface area contributed by atoms with Crippen molar-refractivity contribution in [2.24, 2.45) is 5.73 Å². The number of carbonyl (C=O) groups excluding carboxylic acids is 1. The molecule has 1 unspecified atom stereocenters. The highest BCUT2D eigenvalue weighted by Crippen LogP contribution is 2.21. The normalized spacial score (nSPS) is 12.9. The molecule has 1 amide bonds. The van der Waals surface area contributed by atoms with Crippen LogP contribution in [0.1, 0.15) is 19.4 Å². The van der Waals surface area contributed by atoms with Crippen LogP contribution in [0.5, 0.6) is 0 Å². The van der Waals surface area contributed by atoms with E-state index in [2.05, 4.69) is 10.3 Å². The van der Waals surface area contributed by atoms with Gasteiger partial charge in [0, 0.05) is 12.1 Å². The van der Waals surface area contributed by atoms with Gasteiger partial charge in [-0.1, -0.05) is 12.1 Å². The van der Waals surface area contributed by atoms with Gasteiger partial charge in [-0.05, 0) is 6.42 Å². The number of hydrogen-bond donors (Lipinski definition) is 1. The van der Waals surface area contributed by atoms with Gasteiger partial charge in [0.1, 0.15) is 17.4 Å². The summed E-state index contributed by atoms with van der Waals surface area (Å²) in [4.78, 5) is 11.2. The Morgan fingerprint density at radius 3 is 2.82 bits per heavy atom. The van der Waals surface area contributed by atoms with E-state index in [-0.39, 0.29) is 11.0 Å². The van der Waals surface area contributed by atoms with Crippen molar-refractivity contribution in [2.75, 3.05) is 0 Å². The van der Waals surface area contributed by atoms with Crippen molar-refractivity contribution >= 4 is 16.9 Å². The van der Waals surface area contributed by atoms with Crippen LogP contribution in [0, 0.1) is 11.6 Å². The molecule has 0 bridgehead atoms. The Bertz CT molecular complexity index is 581. The van der Waals surface area contributed by atoms with Crippen LogP contribution in [-0.4, -0.2) is 20.9 Å². The van der Waals surface area contributed by atoms with E-state index in [4.69, 9.17) is 5.73 Å². The van der Waals surface area contributed by atoms with E-state index in [1.165, 1.54) is 0 Å². The molecule has 1 heterocycles. The summed E-state index contributed by atoms with van der Waals surface area (Å²) in [5.74, 6) is -2.19. The standard InChI is InChI=1S/C10H10F2N4O/c1-2-7(10(13)17)16-8-4-5(11)3-6(12)9(8)14-15-16/h3-4,7H,2H2,1H3,(H2,13,17). The molecule has 1 atom stereocenters. The maximum Gasteiger partial charge on any atom is 0.242 e. The average molecular weight is 240 g/mol.